The predicted molar refractivity (Wildman–Crippen MR) is 63.7 cm³/mol. The maximum atomic E-state index is 2.37. The van der Waals surface area contributed by atoms with Gasteiger partial charge in [-0.2, -0.15) is 0 Å². The quantitative estimate of drug-likeness (QED) is 0.652. The summed E-state index contributed by atoms with van der Waals surface area (Å²) in [6, 6.07) is 8.93. The van der Waals surface area contributed by atoms with E-state index in [2.05, 4.69) is 62.9 Å². The van der Waals surface area contributed by atoms with Crippen molar-refractivity contribution in [1.29, 1.82) is 0 Å². The van der Waals surface area contributed by atoms with Crippen molar-refractivity contribution >= 4 is 18.9 Å². The molecule has 0 aliphatic carbocycles. The van der Waals surface area contributed by atoms with Gasteiger partial charge in [0.05, 0.1) is 8.07 Å². The lowest BCUT2D eigenvalue weighted by Gasteiger charge is -2.18. The molecule has 0 radical (unpaired) electrons. The maximum Gasteiger partial charge on any atom is 0.0775 e. The van der Waals surface area contributed by atoms with Gasteiger partial charge in [0, 0.05) is 19.8 Å². The van der Waals surface area contributed by atoms with Crippen LogP contribution in [0.1, 0.15) is 0 Å². The Morgan fingerprint density at radius 3 is 1.69 bits per heavy atom. The van der Waals surface area contributed by atoms with Crippen LogP contribution in [-0.4, -0.2) is 22.2 Å². The van der Waals surface area contributed by atoms with Gasteiger partial charge in [-0.25, -0.2) is 0 Å². The Bertz CT molecular complexity index is 269. The Hall–Kier alpha value is -0.763. The number of hydrogen-bond donors (Lipinski definition) is 0. The molecular weight excluding hydrogens is 174 g/mol. The molecule has 0 heterocycles. The average Bonchev–Trinajstić information content (AvgIpc) is 2.03. The number of rotatable bonds is 2. The smallest absolute Gasteiger partial charge is 0.0775 e. The van der Waals surface area contributed by atoms with Gasteiger partial charge in [0.1, 0.15) is 0 Å². The van der Waals surface area contributed by atoms with Crippen LogP contribution in [0.25, 0.3) is 0 Å². The minimum atomic E-state index is -1.11. The molecule has 0 aromatic heterocycles. The third-order valence-electron chi connectivity index (χ3n) is 2.25. The van der Waals surface area contributed by atoms with Gasteiger partial charge < -0.3 is 4.90 Å². The van der Waals surface area contributed by atoms with Gasteiger partial charge in [0.15, 0.2) is 0 Å². The van der Waals surface area contributed by atoms with Crippen molar-refractivity contribution < 1.29 is 0 Å². The van der Waals surface area contributed by atoms with Crippen molar-refractivity contribution in [2.24, 2.45) is 0 Å². The molecule has 0 aliphatic rings. The zero-order valence-corrected chi connectivity index (χ0v) is 10.3. The van der Waals surface area contributed by atoms with Gasteiger partial charge in [0.25, 0.3) is 0 Å². The van der Waals surface area contributed by atoms with Gasteiger partial charge in [-0.1, -0.05) is 37.0 Å². The van der Waals surface area contributed by atoms with Crippen molar-refractivity contribution in [2.45, 2.75) is 19.6 Å². The van der Waals surface area contributed by atoms with Crippen LogP contribution >= 0.6 is 0 Å². The molecule has 13 heavy (non-hydrogen) atoms. The van der Waals surface area contributed by atoms with Crippen molar-refractivity contribution in [3.63, 3.8) is 0 Å². The number of anilines is 1. The first-order valence-corrected chi connectivity index (χ1v) is 8.19. The molecule has 2 heteroatoms. The standard InChI is InChI=1S/C11H19NSi/c1-12(2)10-6-8-11(9-7-10)13(3,4)5/h6-9H,1-5H3. The van der Waals surface area contributed by atoms with Crippen LogP contribution in [0, 0.1) is 0 Å². The van der Waals surface area contributed by atoms with Crippen molar-refractivity contribution in [2.75, 3.05) is 19.0 Å². The molecule has 0 aliphatic heterocycles. The van der Waals surface area contributed by atoms with Crippen molar-refractivity contribution in [3.05, 3.63) is 24.3 Å². The summed E-state index contributed by atoms with van der Waals surface area (Å²) in [5, 5.41) is 1.53. The van der Waals surface area contributed by atoms with E-state index in [0.717, 1.165) is 0 Å². The number of nitrogens with zero attached hydrogens (tertiary/aromatic N) is 1. The lowest BCUT2D eigenvalue weighted by molar-refractivity contribution is 1.13. The molecule has 1 nitrogen and oxygen atoms in total. The summed E-state index contributed by atoms with van der Waals surface area (Å²) in [5.74, 6) is 0. The second kappa shape index (κ2) is 3.54. The van der Waals surface area contributed by atoms with Gasteiger partial charge in [-0.05, 0) is 12.1 Å². The summed E-state index contributed by atoms with van der Waals surface area (Å²) in [4.78, 5) is 2.13. The van der Waals surface area contributed by atoms with Crippen LogP contribution in [0.3, 0.4) is 0 Å². The van der Waals surface area contributed by atoms with Crippen LogP contribution < -0.4 is 10.1 Å². The molecule has 0 fully saturated rings. The average molecular weight is 193 g/mol. The third-order valence-corrected chi connectivity index (χ3v) is 4.32. The van der Waals surface area contributed by atoms with Crippen LogP contribution in [0.15, 0.2) is 24.3 Å². The van der Waals surface area contributed by atoms with Crippen LogP contribution in [0.2, 0.25) is 19.6 Å². The first-order chi connectivity index (χ1) is 5.91. The minimum absolute atomic E-state index is 1.11. The van der Waals surface area contributed by atoms with E-state index in [-0.39, 0.29) is 0 Å². The Balaban J connectivity index is 2.94. The normalized spacial score (nSPS) is 11.5. The van der Waals surface area contributed by atoms with E-state index in [9.17, 15) is 0 Å². The predicted octanol–water partition coefficient (Wildman–Crippen LogP) is 2.30. The fourth-order valence-corrected chi connectivity index (χ4v) is 2.43. The highest BCUT2D eigenvalue weighted by Gasteiger charge is 2.15. The zero-order valence-electron chi connectivity index (χ0n) is 9.26. The molecule has 1 aromatic rings. The van der Waals surface area contributed by atoms with E-state index in [1.54, 1.807) is 0 Å². The van der Waals surface area contributed by atoms with Crippen LogP contribution in [-0.2, 0) is 0 Å². The highest BCUT2D eigenvalue weighted by Crippen LogP contribution is 2.10. The summed E-state index contributed by atoms with van der Waals surface area (Å²) >= 11 is 0. The van der Waals surface area contributed by atoms with Crippen molar-refractivity contribution in [3.8, 4) is 0 Å². The molecule has 0 spiro atoms. The fraction of sp³-hybridized carbons (Fsp3) is 0.455. The Kier molecular flexibility index (Phi) is 2.81. The molecule has 0 unspecified atom stereocenters. The lowest BCUT2D eigenvalue weighted by Crippen LogP contribution is -2.37. The molecule has 0 amide bonds. The first-order valence-electron chi connectivity index (χ1n) is 4.69. The van der Waals surface area contributed by atoms with E-state index < -0.39 is 8.07 Å². The molecule has 0 bridgehead atoms. The SMILES string of the molecule is CN(C)c1ccc([Si](C)(C)C)cc1. The second-order valence-electron chi connectivity index (χ2n) is 4.69. The number of benzene rings is 1. The van der Waals surface area contributed by atoms with E-state index in [1.165, 1.54) is 10.9 Å². The topological polar surface area (TPSA) is 3.24 Å². The summed E-state index contributed by atoms with van der Waals surface area (Å²) in [6.45, 7) is 7.12. The Morgan fingerprint density at radius 2 is 1.38 bits per heavy atom. The van der Waals surface area contributed by atoms with Gasteiger partial charge in [0.2, 0.25) is 0 Å². The summed E-state index contributed by atoms with van der Waals surface area (Å²) in [5.41, 5.74) is 1.28. The molecule has 0 saturated carbocycles. The Labute approximate surface area is 82.4 Å². The zero-order chi connectivity index (χ0) is 10.1. The minimum Gasteiger partial charge on any atom is -0.378 e. The second-order valence-corrected chi connectivity index (χ2v) is 9.77. The van der Waals surface area contributed by atoms with E-state index in [4.69, 9.17) is 0 Å². The molecule has 0 N–H and O–H groups in total. The largest absolute Gasteiger partial charge is 0.378 e. The lowest BCUT2D eigenvalue weighted by atomic mass is 10.3. The summed E-state index contributed by atoms with van der Waals surface area (Å²) in [6.07, 6.45) is 0. The molecule has 0 atom stereocenters. The van der Waals surface area contributed by atoms with E-state index in [0.29, 0.717) is 0 Å². The maximum absolute atomic E-state index is 2.37. The molecule has 1 rings (SSSR count). The van der Waals surface area contributed by atoms with Gasteiger partial charge in [-0.15, -0.1) is 0 Å². The molecule has 72 valence electrons. The Morgan fingerprint density at radius 1 is 0.923 bits per heavy atom. The summed E-state index contributed by atoms with van der Waals surface area (Å²) in [7, 11) is 3.04. The van der Waals surface area contributed by atoms with Crippen molar-refractivity contribution in [1.82, 2.24) is 0 Å². The fourth-order valence-electron chi connectivity index (χ4n) is 1.26. The number of hydrogen-bond acceptors (Lipinski definition) is 1. The first kappa shape index (κ1) is 10.3. The molecule has 1 aromatic carbocycles. The highest BCUT2D eigenvalue weighted by molar-refractivity contribution is 6.88. The van der Waals surface area contributed by atoms with Crippen LogP contribution in [0.4, 0.5) is 5.69 Å². The molecule has 0 saturated heterocycles. The van der Waals surface area contributed by atoms with E-state index in [1.807, 2.05) is 0 Å². The summed E-state index contributed by atoms with van der Waals surface area (Å²) < 4.78 is 0. The van der Waals surface area contributed by atoms with Gasteiger partial charge in [-0.3, -0.25) is 0 Å². The highest BCUT2D eigenvalue weighted by atomic mass is 28.3. The van der Waals surface area contributed by atoms with Crippen LogP contribution in [0.5, 0.6) is 0 Å². The molecular formula is C11H19NSi. The third kappa shape index (κ3) is 2.59. The van der Waals surface area contributed by atoms with E-state index >= 15 is 0 Å². The monoisotopic (exact) mass is 193 g/mol. The van der Waals surface area contributed by atoms with Gasteiger partial charge >= 0.3 is 0 Å².